The Kier molecular flexibility index (Phi) is 2.64. The molecule has 1 nitrogen and oxygen atoms in total. The molecule has 11 heavy (non-hydrogen) atoms. The van der Waals surface area contributed by atoms with Crippen LogP contribution in [0.3, 0.4) is 0 Å². The molecule has 0 aliphatic carbocycles. The highest BCUT2D eigenvalue weighted by Crippen LogP contribution is 2.15. The van der Waals surface area contributed by atoms with Gasteiger partial charge in [0.1, 0.15) is 5.94 Å². The van der Waals surface area contributed by atoms with Gasteiger partial charge in [0.2, 0.25) is 0 Å². The summed E-state index contributed by atoms with van der Waals surface area (Å²) in [5.41, 5.74) is 1.99. The fraction of sp³-hybridized carbons (Fsp3) is 0.111. The highest BCUT2D eigenvalue weighted by molar-refractivity contribution is 9.10. The minimum Gasteiger partial charge on any atom is -0.233 e. The van der Waals surface area contributed by atoms with Crippen LogP contribution in [0.15, 0.2) is 22.7 Å². The van der Waals surface area contributed by atoms with E-state index in [0.29, 0.717) is 0 Å². The van der Waals surface area contributed by atoms with E-state index in [9.17, 15) is 4.79 Å². The molecule has 1 aromatic rings. The molecule has 56 valence electrons. The van der Waals surface area contributed by atoms with Crippen LogP contribution in [0, 0.1) is 6.92 Å². The Morgan fingerprint density at radius 2 is 2.27 bits per heavy atom. The van der Waals surface area contributed by atoms with Crippen molar-refractivity contribution in [3.05, 3.63) is 33.8 Å². The summed E-state index contributed by atoms with van der Waals surface area (Å²) in [4.78, 5) is 10.0. The largest absolute Gasteiger partial charge is 0.233 e. The van der Waals surface area contributed by atoms with Crippen molar-refractivity contribution in [2.75, 3.05) is 0 Å². The van der Waals surface area contributed by atoms with Gasteiger partial charge >= 0.3 is 0 Å². The molecule has 0 heterocycles. The van der Waals surface area contributed by atoms with E-state index < -0.39 is 0 Å². The first-order valence-corrected chi connectivity index (χ1v) is 4.00. The summed E-state index contributed by atoms with van der Waals surface area (Å²) in [5, 5.41) is 0. The maximum Gasteiger partial charge on any atom is 0.125 e. The first-order valence-electron chi connectivity index (χ1n) is 3.21. The van der Waals surface area contributed by atoms with Gasteiger partial charge in [-0.1, -0.05) is 22.0 Å². The third-order valence-corrected chi connectivity index (χ3v) is 1.94. The van der Waals surface area contributed by atoms with E-state index in [0.717, 1.165) is 15.6 Å². The molecule has 0 N–H and O–H groups in total. The predicted molar refractivity (Wildman–Crippen MR) is 49.0 cm³/mol. The van der Waals surface area contributed by atoms with Gasteiger partial charge in [0.15, 0.2) is 0 Å². The topological polar surface area (TPSA) is 17.1 Å². The van der Waals surface area contributed by atoms with Gasteiger partial charge in [-0.3, -0.25) is 0 Å². The van der Waals surface area contributed by atoms with Crippen LogP contribution in [0.1, 0.15) is 11.1 Å². The van der Waals surface area contributed by atoms with Gasteiger partial charge < -0.3 is 0 Å². The predicted octanol–water partition coefficient (Wildman–Crippen LogP) is 2.60. The first-order chi connectivity index (χ1) is 5.24. The fourth-order valence-electron chi connectivity index (χ4n) is 0.865. The van der Waals surface area contributed by atoms with Crippen molar-refractivity contribution in [1.82, 2.24) is 0 Å². The van der Waals surface area contributed by atoms with E-state index >= 15 is 0 Å². The maximum absolute atomic E-state index is 10.0. The lowest BCUT2D eigenvalue weighted by atomic mass is 10.1. The molecule has 2 heteroatoms. The Morgan fingerprint density at radius 1 is 1.55 bits per heavy atom. The minimum atomic E-state index is 0.920. The average Bonchev–Trinajstić information content (AvgIpc) is 1.95. The average molecular weight is 211 g/mol. The van der Waals surface area contributed by atoms with Crippen molar-refractivity contribution in [3.8, 4) is 0 Å². The smallest absolute Gasteiger partial charge is 0.125 e. The molecule has 0 spiro atoms. The minimum absolute atomic E-state index is 0.920. The van der Waals surface area contributed by atoms with E-state index in [2.05, 4.69) is 15.9 Å². The second-order valence-electron chi connectivity index (χ2n) is 2.26. The van der Waals surface area contributed by atoms with Crippen LogP contribution in [0.25, 0.3) is 6.08 Å². The number of hydrogen-bond donors (Lipinski definition) is 0. The lowest BCUT2D eigenvalue weighted by Gasteiger charge is -1.97. The summed E-state index contributed by atoms with van der Waals surface area (Å²) in [5.74, 6) is 1.75. The van der Waals surface area contributed by atoms with Crippen molar-refractivity contribution >= 4 is 27.9 Å². The van der Waals surface area contributed by atoms with E-state index in [4.69, 9.17) is 0 Å². The zero-order valence-electron chi connectivity index (χ0n) is 6.10. The van der Waals surface area contributed by atoms with Gasteiger partial charge in [-0.15, -0.1) is 0 Å². The van der Waals surface area contributed by atoms with Gasteiger partial charge in [-0.25, -0.2) is 4.79 Å². The normalized spacial score (nSPS) is 8.91. The third kappa shape index (κ3) is 2.04. The van der Waals surface area contributed by atoms with Crippen molar-refractivity contribution in [1.29, 1.82) is 0 Å². The Bertz CT molecular complexity index is 311. The Labute approximate surface area is 73.9 Å². The summed E-state index contributed by atoms with van der Waals surface area (Å²) in [6.45, 7) is 1.95. The van der Waals surface area contributed by atoms with E-state index in [1.807, 2.05) is 25.1 Å². The number of rotatable bonds is 1. The van der Waals surface area contributed by atoms with Crippen LogP contribution in [-0.2, 0) is 4.79 Å². The number of aryl methyl sites for hydroxylation is 1. The number of carbonyl (C=O) groups excluding carboxylic acids is 1. The van der Waals surface area contributed by atoms with Crippen LogP contribution < -0.4 is 0 Å². The maximum atomic E-state index is 10.0. The van der Waals surface area contributed by atoms with E-state index in [1.54, 1.807) is 5.94 Å². The summed E-state index contributed by atoms with van der Waals surface area (Å²) in [6, 6.07) is 5.74. The molecule has 0 bridgehead atoms. The monoisotopic (exact) mass is 210 g/mol. The molecule has 0 fully saturated rings. The van der Waals surface area contributed by atoms with Gasteiger partial charge in [0.25, 0.3) is 0 Å². The molecule has 0 aromatic heterocycles. The Hall–Kier alpha value is -0.850. The molecular weight excluding hydrogens is 204 g/mol. The van der Waals surface area contributed by atoms with Gasteiger partial charge in [0, 0.05) is 10.5 Å². The summed E-state index contributed by atoms with van der Waals surface area (Å²) >= 11 is 3.33. The van der Waals surface area contributed by atoms with Crippen LogP contribution in [0.2, 0.25) is 0 Å². The highest BCUT2D eigenvalue weighted by Gasteiger charge is 1.93. The second kappa shape index (κ2) is 3.51. The highest BCUT2D eigenvalue weighted by atomic mass is 79.9. The third-order valence-electron chi connectivity index (χ3n) is 1.45. The molecule has 0 aliphatic heterocycles. The van der Waals surface area contributed by atoms with Crippen LogP contribution in [0.4, 0.5) is 0 Å². The van der Waals surface area contributed by atoms with Crippen molar-refractivity contribution < 1.29 is 4.79 Å². The van der Waals surface area contributed by atoms with Crippen LogP contribution >= 0.6 is 15.9 Å². The Balaban J connectivity index is 3.19. The lowest BCUT2D eigenvalue weighted by Crippen LogP contribution is -1.79. The standard InChI is InChI=1S/C9H7BrO/c1-7-6-9(10)3-2-8(7)4-5-11/h2-4,6H,1H3. The van der Waals surface area contributed by atoms with Crippen LogP contribution in [-0.4, -0.2) is 5.94 Å². The fourth-order valence-corrected chi connectivity index (χ4v) is 1.34. The van der Waals surface area contributed by atoms with Gasteiger partial charge in [-0.2, -0.15) is 0 Å². The zero-order chi connectivity index (χ0) is 8.27. The van der Waals surface area contributed by atoms with E-state index in [1.165, 1.54) is 6.08 Å². The SMILES string of the molecule is Cc1cc(Br)ccc1C=C=O. The first kappa shape index (κ1) is 8.25. The zero-order valence-corrected chi connectivity index (χ0v) is 7.68. The lowest BCUT2D eigenvalue weighted by molar-refractivity contribution is 0.570. The van der Waals surface area contributed by atoms with Crippen LogP contribution in [0.5, 0.6) is 0 Å². The molecule has 0 saturated carbocycles. The summed E-state index contributed by atoms with van der Waals surface area (Å²) in [6.07, 6.45) is 1.43. The van der Waals surface area contributed by atoms with Crippen molar-refractivity contribution in [2.24, 2.45) is 0 Å². The van der Waals surface area contributed by atoms with Gasteiger partial charge in [-0.05, 0) is 30.2 Å². The molecule has 0 radical (unpaired) electrons. The molecule has 1 aromatic carbocycles. The summed E-state index contributed by atoms with van der Waals surface area (Å²) in [7, 11) is 0. The molecular formula is C9H7BrO. The van der Waals surface area contributed by atoms with Crippen molar-refractivity contribution in [3.63, 3.8) is 0 Å². The molecule has 0 atom stereocenters. The second-order valence-corrected chi connectivity index (χ2v) is 3.18. The molecule has 0 aliphatic rings. The van der Waals surface area contributed by atoms with Gasteiger partial charge in [0.05, 0.1) is 0 Å². The number of hydrogen-bond acceptors (Lipinski definition) is 1. The quantitative estimate of drug-likeness (QED) is 0.652. The molecule has 0 amide bonds. The van der Waals surface area contributed by atoms with Crippen molar-refractivity contribution in [2.45, 2.75) is 6.92 Å². The number of halogens is 1. The molecule has 1 rings (SSSR count). The number of benzene rings is 1. The molecule has 0 saturated heterocycles. The summed E-state index contributed by atoms with van der Waals surface area (Å²) < 4.78 is 1.03. The Morgan fingerprint density at radius 3 is 2.82 bits per heavy atom. The van der Waals surface area contributed by atoms with E-state index in [-0.39, 0.29) is 0 Å². The molecule has 0 unspecified atom stereocenters.